The Morgan fingerprint density at radius 1 is 1.12 bits per heavy atom. The van der Waals surface area contributed by atoms with E-state index in [1.54, 1.807) is 18.2 Å². The summed E-state index contributed by atoms with van der Waals surface area (Å²) in [4.78, 5) is 8.21. The number of hydrogen-bond acceptors (Lipinski definition) is 5. The Kier molecular flexibility index (Phi) is 4.44. The van der Waals surface area contributed by atoms with E-state index >= 15 is 0 Å². The number of nitrogen functional groups attached to an aromatic ring is 2. The van der Waals surface area contributed by atoms with Crippen LogP contribution in [0.4, 0.5) is 16.2 Å². The van der Waals surface area contributed by atoms with Crippen molar-refractivity contribution < 1.29 is 9.13 Å². The van der Waals surface area contributed by atoms with Crippen LogP contribution < -0.4 is 16.2 Å². The van der Waals surface area contributed by atoms with E-state index in [0.29, 0.717) is 21.1 Å². The number of rotatable bonds is 4. The molecule has 7 heteroatoms. The molecule has 2 aromatic carbocycles. The molecule has 0 fully saturated rings. The van der Waals surface area contributed by atoms with Crippen LogP contribution >= 0.6 is 22.6 Å². The molecule has 0 aliphatic rings. The first-order chi connectivity index (χ1) is 11.4. The minimum atomic E-state index is -0.656. The molecule has 0 saturated carbocycles. The zero-order valence-electron chi connectivity index (χ0n) is 13.0. The van der Waals surface area contributed by atoms with Crippen molar-refractivity contribution in [3.63, 3.8) is 0 Å². The van der Waals surface area contributed by atoms with Crippen LogP contribution in [-0.2, 0) is 5.60 Å². The van der Waals surface area contributed by atoms with Crippen molar-refractivity contribution in [2.24, 2.45) is 0 Å². The standard InChI is InChI=1S/C17H16FIN4O/c1-17(9-19,10-5-7-11(18)8-6-10)24-13-4-2-3-12-14(13)15(20)23-16(21)22-12/h2-8H,9H2,1H3,(H4,20,21,22,23). The smallest absolute Gasteiger partial charge is 0.222 e. The van der Waals surface area contributed by atoms with E-state index in [4.69, 9.17) is 16.2 Å². The molecule has 24 heavy (non-hydrogen) atoms. The third-order valence-electron chi connectivity index (χ3n) is 3.78. The highest BCUT2D eigenvalue weighted by atomic mass is 127. The second-order valence-electron chi connectivity index (χ2n) is 5.59. The number of fused-ring (bicyclic) bond motifs is 1. The highest BCUT2D eigenvalue weighted by Crippen LogP contribution is 2.36. The van der Waals surface area contributed by atoms with Crippen molar-refractivity contribution in [3.05, 3.63) is 53.8 Å². The fourth-order valence-electron chi connectivity index (χ4n) is 2.49. The summed E-state index contributed by atoms with van der Waals surface area (Å²) in [5.74, 6) is 0.664. The molecule has 0 amide bonds. The Morgan fingerprint density at radius 2 is 1.83 bits per heavy atom. The highest BCUT2D eigenvalue weighted by Gasteiger charge is 2.29. The van der Waals surface area contributed by atoms with Crippen molar-refractivity contribution >= 4 is 45.3 Å². The Hall–Kier alpha value is -2.16. The fourth-order valence-corrected chi connectivity index (χ4v) is 3.09. The summed E-state index contributed by atoms with van der Waals surface area (Å²) in [6.07, 6.45) is 0. The third kappa shape index (κ3) is 3.08. The molecular formula is C17H16FIN4O. The van der Waals surface area contributed by atoms with Crippen LogP contribution in [0.3, 0.4) is 0 Å². The van der Waals surface area contributed by atoms with Crippen LogP contribution in [0, 0.1) is 5.82 Å². The number of aromatic nitrogens is 2. The van der Waals surface area contributed by atoms with Crippen LogP contribution in [0.2, 0.25) is 0 Å². The van der Waals surface area contributed by atoms with Gasteiger partial charge in [-0.2, -0.15) is 4.98 Å². The minimum Gasteiger partial charge on any atom is -0.481 e. The number of alkyl halides is 1. The average molecular weight is 438 g/mol. The SMILES string of the molecule is CC(CI)(Oc1cccc2nc(N)nc(N)c12)c1ccc(F)cc1. The lowest BCUT2D eigenvalue weighted by atomic mass is 9.98. The van der Waals surface area contributed by atoms with Gasteiger partial charge in [0.25, 0.3) is 0 Å². The van der Waals surface area contributed by atoms with Crippen LogP contribution in [0.5, 0.6) is 5.75 Å². The molecule has 0 aliphatic heterocycles. The van der Waals surface area contributed by atoms with Gasteiger partial charge < -0.3 is 16.2 Å². The van der Waals surface area contributed by atoms with E-state index in [1.165, 1.54) is 12.1 Å². The fraction of sp³-hybridized carbons (Fsp3) is 0.176. The van der Waals surface area contributed by atoms with Gasteiger partial charge in [-0.15, -0.1) is 0 Å². The first-order valence-electron chi connectivity index (χ1n) is 7.26. The van der Waals surface area contributed by atoms with E-state index in [0.717, 1.165) is 5.56 Å². The third-order valence-corrected chi connectivity index (χ3v) is 5.23. The van der Waals surface area contributed by atoms with Crippen molar-refractivity contribution in [1.82, 2.24) is 9.97 Å². The van der Waals surface area contributed by atoms with Crippen LogP contribution in [0.15, 0.2) is 42.5 Å². The second kappa shape index (κ2) is 6.39. The van der Waals surface area contributed by atoms with E-state index in [-0.39, 0.29) is 17.6 Å². The summed E-state index contributed by atoms with van der Waals surface area (Å²) in [7, 11) is 0. The van der Waals surface area contributed by atoms with Gasteiger partial charge in [0, 0.05) is 4.43 Å². The van der Waals surface area contributed by atoms with Gasteiger partial charge in [-0.25, -0.2) is 9.37 Å². The zero-order chi connectivity index (χ0) is 17.3. The first-order valence-corrected chi connectivity index (χ1v) is 8.78. The molecule has 0 spiro atoms. The van der Waals surface area contributed by atoms with Gasteiger partial charge in [0.05, 0.1) is 10.9 Å². The summed E-state index contributed by atoms with van der Waals surface area (Å²) >= 11 is 2.24. The maximum atomic E-state index is 13.2. The van der Waals surface area contributed by atoms with Crippen LogP contribution in [0.1, 0.15) is 12.5 Å². The van der Waals surface area contributed by atoms with Gasteiger partial charge >= 0.3 is 0 Å². The molecule has 3 aromatic rings. The first kappa shape index (κ1) is 16.7. The average Bonchev–Trinajstić information content (AvgIpc) is 2.54. The summed E-state index contributed by atoms with van der Waals surface area (Å²) < 4.78 is 20.2. The predicted octanol–water partition coefficient (Wildman–Crippen LogP) is 3.66. The minimum absolute atomic E-state index is 0.118. The summed E-state index contributed by atoms with van der Waals surface area (Å²) in [6, 6.07) is 11.7. The lowest BCUT2D eigenvalue weighted by Crippen LogP contribution is -2.31. The molecular weight excluding hydrogens is 422 g/mol. The lowest BCUT2D eigenvalue weighted by Gasteiger charge is -2.30. The predicted molar refractivity (Wildman–Crippen MR) is 102 cm³/mol. The number of benzene rings is 2. The molecule has 1 atom stereocenters. The maximum absolute atomic E-state index is 13.2. The van der Waals surface area contributed by atoms with E-state index in [9.17, 15) is 4.39 Å². The Morgan fingerprint density at radius 3 is 2.50 bits per heavy atom. The molecule has 0 saturated heterocycles. The van der Waals surface area contributed by atoms with Crippen LogP contribution in [-0.4, -0.2) is 14.4 Å². The number of nitrogens with zero attached hydrogens (tertiary/aromatic N) is 2. The van der Waals surface area contributed by atoms with Crippen molar-refractivity contribution in [2.75, 3.05) is 15.9 Å². The monoisotopic (exact) mass is 438 g/mol. The zero-order valence-corrected chi connectivity index (χ0v) is 15.1. The highest BCUT2D eigenvalue weighted by molar-refractivity contribution is 14.1. The number of halogens is 2. The van der Waals surface area contributed by atoms with Gasteiger partial charge in [-0.05, 0) is 36.8 Å². The number of ether oxygens (including phenoxy) is 1. The quantitative estimate of drug-likeness (QED) is 0.480. The van der Waals surface area contributed by atoms with E-state index in [2.05, 4.69) is 32.6 Å². The molecule has 1 unspecified atom stereocenters. The molecule has 0 aliphatic carbocycles. The Bertz CT molecular complexity index is 888. The number of anilines is 2. The van der Waals surface area contributed by atoms with Crippen molar-refractivity contribution in [3.8, 4) is 5.75 Å². The topological polar surface area (TPSA) is 87.0 Å². The van der Waals surface area contributed by atoms with Gasteiger partial charge in [-0.3, -0.25) is 0 Å². The molecule has 3 rings (SSSR count). The lowest BCUT2D eigenvalue weighted by molar-refractivity contribution is 0.119. The van der Waals surface area contributed by atoms with Gasteiger partial charge in [0.1, 0.15) is 23.0 Å². The molecule has 0 bridgehead atoms. The normalized spacial score (nSPS) is 13.6. The molecule has 1 heterocycles. The Balaban J connectivity index is 2.09. The molecule has 124 valence electrons. The molecule has 0 radical (unpaired) electrons. The molecule has 4 N–H and O–H groups in total. The summed E-state index contributed by atoms with van der Waals surface area (Å²) in [5, 5.41) is 0.616. The van der Waals surface area contributed by atoms with Crippen LogP contribution in [0.25, 0.3) is 10.9 Å². The van der Waals surface area contributed by atoms with E-state index in [1.807, 2.05) is 19.1 Å². The summed E-state index contributed by atoms with van der Waals surface area (Å²) in [5.41, 5.74) is 12.5. The second-order valence-corrected chi connectivity index (χ2v) is 6.35. The summed E-state index contributed by atoms with van der Waals surface area (Å²) in [6.45, 7) is 1.94. The largest absolute Gasteiger partial charge is 0.481 e. The molecule has 1 aromatic heterocycles. The number of nitrogens with two attached hydrogens (primary N) is 2. The van der Waals surface area contributed by atoms with Gasteiger partial charge in [0.15, 0.2) is 0 Å². The number of hydrogen-bond donors (Lipinski definition) is 2. The maximum Gasteiger partial charge on any atom is 0.222 e. The van der Waals surface area contributed by atoms with Gasteiger partial charge in [-0.1, -0.05) is 40.8 Å². The Labute approximate surface area is 152 Å². The van der Waals surface area contributed by atoms with Crippen molar-refractivity contribution in [1.29, 1.82) is 0 Å². The van der Waals surface area contributed by atoms with Gasteiger partial charge in [0.2, 0.25) is 5.95 Å². The van der Waals surface area contributed by atoms with Crippen molar-refractivity contribution in [2.45, 2.75) is 12.5 Å². The molecule has 5 nitrogen and oxygen atoms in total. The van der Waals surface area contributed by atoms with E-state index < -0.39 is 5.60 Å².